The molecule has 1 aromatic carbocycles. The number of nitrogens with one attached hydrogen (secondary N) is 2. The second-order valence-electron chi connectivity index (χ2n) is 5.64. The molecule has 0 aliphatic carbocycles. The fraction of sp³-hybridized carbons (Fsp3) is 0.222. The van der Waals surface area contributed by atoms with E-state index >= 15 is 0 Å². The number of hydrogen-bond donors (Lipinski definition) is 2. The average molecular weight is 387 g/mol. The van der Waals surface area contributed by atoms with Crippen LogP contribution in [0.2, 0.25) is 0 Å². The Hall–Kier alpha value is -2.45. The summed E-state index contributed by atoms with van der Waals surface area (Å²) in [6, 6.07) is 6.77. The standard InChI is InChI=1S/C18H18N4O2S2/c1-10-11(2)26-18-15(10)17(20-9-21-18)25-8-14(23)22-13-6-4-12(5-7-13)16(24)19-3/h4-7,9H,8H2,1-3H3,(H,19,24)(H,22,23). The largest absolute Gasteiger partial charge is 0.355 e. The maximum absolute atomic E-state index is 12.2. The maximum Gasteiger partial charge on any atom is 0.251 e. The van der Waals surface area contributed by atoms with E-state index in [0.717, 1.165) is 15.2 Å². The number of anilines is 1. The van der Waals surface area contributed by atoms with E-state index in [9.17, 15) is 9.59 Å². The average Bonchev–Trinajstić information content (AvgIpc) is 2.94. The summed E-state index contributed by atoms with van der Waals surface area (Å²) in [5.74, 6) is -0.0378. The van der Waals surface area contributed by atoms with Crippen molar-refractivity contribution in [3.05, 3.63) is 46.6 Å². The molecule has 8 heteroatoms. The van der Waals surface area contributed by atoms with Crippen LogP contribution < -0.4 is 10.6 Å². The second-order valence-corrected chi connectivity index (χ2v) is 7.80. The lowest BCUT2D eigenvalue weighted by molar-refractivity contribution is -0.113. The molecule has 0 spiro atoms. The Morgan fingerprint density at radius 3 is 2.58 bits per heavy atom. The number of amides is 2. The Labute approximate surface area is 159 Å². The van der Waals surface area contributed by atoms with Gasteiger partial charge in [-0.1, -0.05) is 11.8 Å². The predicted molar refractivity (Wildman–Crippen MR) is 106 cm³/mol. The molecule has 0 fully saturated rings. The molecule has 2 amide bonds. The topological polar surface area (TPSA) is 84.0 Å². The number of thioether (sulfide) groups is 1. The molecule has 3 aromatic rings. The molecule has 134 valence electrons. The minimum absolute atomic E-state index is 0.126. The van der Waals surface area contributed by atoms with Crippen molar-refractivity contribution in [3.8, 4) is 0 Å². The summed E-state index contributed by atoms with van der Waals surface area (Å²) in [6.45, 7) is 4.11. The molecule has 0 aliphatic rings. The summed E-state index contributed by atoms with van der Waals surface area (Å²) in [7, 11) is 1.58. The van der Waals surface area contributed by atoms with E-state index in [0.29, 0.717) is 11.3 Å². The van der Waals surface area contributed by atoms with Crippen molar-refractivity contribution in [3.63, 3.8) is 0 Å². The summed E-state index contributed by atoms with van der Waals surface area (Å²) in [6.07, 6.45) is 1.54. The molecular weight excluding hydrogens is 368 g/mol. The molecule has 0 saturated heterocycles. The molecule has 0 radical (unpaired) electrons. The van der Waals surface area contributed by atoms with Crippen LogP contribution in [0.1, 0.15) is 20.8 Å². The number of fused-ring (bicyclic) bond motifs is 1. The molecule has 6 nitrogen and oxygen atoms in total. The van der Waals surface area contributed by atoms with Crippen molar-refractivity contribution in [1.29, 1.82) is 0 Å². The number of rotatable bonds is 5. The molecule has 26 heavy (non-hydrogen) atoms. The van der Waals surface area contributed by atoms with Gasteiger partial charge in [-0.15, -0.1) is 11.3 Å². The van der Waals surface area contributed by atoms with Crippen LogP contribution in [0.15, 0.2) is 35.6 Å². The number of aryl methyl sites for hydroxylation is 2. The molecule has 2 N–H and O–H groups in total. The van der Waals surface area contributed by atoms with Gasteiger partial charge in [0, 0.05) is 28.6 Å². The van der Waals surface area contributed by atoms with Crippen LogP contribution in [0, 0.1) is 13.8 Å². The molecule has 0 saturated carbocycles. The number of nitrogens with zero attached hydrogens (tertiary/aromatic N) is 2. The van der Waals surface area contributed by atoms with Gasteiger partial charge in [0.05, 0.1) is 5.75 Å². The molecule has 3 rings (SSSR count). The SMILES string of the molecule is CNC(=O)c1ccc(NC(=O)CSc2ncnc3sc(C)c(C)c23)cc1. The van der Waals surface area contributed by atoms with E-state index in [4.69, 9.17) is 0 Å². The zero-order chi connectivity index (χ0) is 18.7. The zero-order valence-electron chi connectivity index (χ0n) is 14.6. The van der Waals surface area contributed by atoms with Crippen molar-refractivity contribution < 1.29 is 9.59 Å². The lowest BCUT2D eigenvalue weighted by Crippen LogP contribution is -2.18. The van der Waals surface area contributed by atoms with Gasteiger partial charge in [0.25, 0.3) is 5.91 Å². The minimum Gasteiger partial charge on any atom is -0.355 e. The monoisotopic (exact) mass is 386 g/mol. The first-order valence-corrected chi connectivity index (χ1v) is 9.75. The Bertz CT molecular complexity index is 967. The Balaban J connectivity index is 1.65. The Morgan fingerprint density at radius 1 is 1.15 bits per heavy atom. The number of thiophene rings is 1. The van der Waals surface area contributed by atoms with Crippen LogP contribution in [0.3, 0.4) is 0 Å². The van der Waals surface area contributed by atoms with E-state index < -0.39 is 0 Å². The summed E-state index contributed by atoms with van der Waals surface area (Å²) in [5.41, 5.74) is 2.36. The normalized spacial score (nSPS) is 10.7. The highest BCUT2D eigenvalue weighted by Crippen LogP contribution is 2.34. The molecule has 0 aliphatic heterocycles. The van der Waals surface area contributed by atoms with E-state index in [2.05, 4.69) is 34.4 Å². The van der Waals surface area contributed by atoms with E-state index in [1.54, 1.807) is 42.6 Å². The fourth-order valence-electron chi connectivity index (χ4n) is 2.44. The van der Waals surface area contributed by atoms with Crippen molar-refractivity contribution >= 4 is 50.8 Å². The highest BCUT2D eigenvalue weighted by atomic mass is 32.2. The van der Waals surface area contributed by atoms with Crippen molar-refractivity contribution in [2.24, 2.45) is 0 Å². The van der Waals surface area contributed by atoms with Crippen molar-refractivity contribution in [1.82, 2.24) is 15.3 Å². The molecule has 2 aromatic heterocycles. The maximum atomic E-state index is 12.2. The molecule has 0 atom stereocenters. The van der Waals surface area contributed by atoms with Crippen LogP contribution >= 0.6 is 23.1 Å². The molecular formula is C18H18N4O2S2. The third kappa shape index (κ3) is 3.86. The van der Waals surface area contributed by atoms with Crippen LogP contribution in [0.5, 0.6) is 0 Å². The van der Waals surface area contributed by atoms with Gasteiger partial charge in [-0.3, -0.25) is 9.59 Å². The van der Waals surface area contributed by atoms with Gasteiger partial charge in [0.15, 0.2) is 0 Å². The zero-order valence-corrected chi connectivity index (χ0v) is 16.3. The Kier molecular flexibility index (Phi) is 5.53. The van der Waals surface area contributed by atoms with E-state index in [-0.39, 0.29) is 17.6 Å². The van der Waals surface area contributed by atoms with Gasteiger partial charge >= 0.3 is 0 Å². The number of carbonyl (C=O) groups is 2. The summed E-state index contributed by atoms with van der Waals surface area (Å²) in [4.78, 5) is 34.6. The minimum atomic E-state index is -0.160. The molecule has 2 heterocycles. The van der Waals surface area contributed by atoms with Crippen LogP contribution in [0.25, 0.3) is 10.2 Å². The lowest BCUT2D eigenvalue weighted by Gasteiger charge is -2.07. The quantitative estimate of drug-likeness (QED) is 0.519. The smallest absolute Gasteiger partial charge is 0.251 e. The molecule has 0 unspecified atom stereocenters. The van der Waals surface area contributed by atoms with Crippen molar-refractivity contribution in [2.45, 2.75) is 18.9 Å². The van der Waals surface area contributed by atoms with Crippen LogP contribution in [-0.2, 0) is 4.79 Å². The third-order valence-electron chi connectivity index (χ3n) is 3.93. The van der Waals surface area contributed by atoms with Gasteiger partial charge in [0.2, 0.25) is 5.91 Å². The first-order valence-electron chi connectivity index (χ1n) is 7.95. The Morgan fingerprint density at radius 2 is 1.88 bits per heavy atom. The summed E-state index contributed by atoms with van der Waals surface area (Å²) in [5, 5.41) is 7.24. The van der Waals surface area contributed by atoms with Gasteiger partial charge in [-0.25, -0.2) is 9.97 Å². The number of carbonyl (C=O) groups excluding carboxylic acids is 2. The number of benzene rings is 1. The first kappa shape index (κ1) is 18.3. The van der Waals surface area contributed by atoms with Gasteiger partial charge in [-0.05, 0) is 43.7 Å². The van der Waals surface area contributed by atoms with E-state index in [1.807, 2.05) is 0 Å². The first-order chi connectivity index (χ1) is 12.5. The fourth-order valence-corrected chi connectivity index (χ4v) is 4.36. The second kappa shape index (κ2) is 7.84. The highest BCUT2D eigenvalue weighted by Gasteiger charge is 2.14. The van der Waals surface area contributed by atoms with Gasteiger partial charge < -0.3 is 10.6 Å². The van der Waals surface area contributed by atoms with Crippen molar-refractivity contribution in [2.75, 3.05) is 18.1 Å². The number of hydrogen-bond acceptors (Lipinski definition) is 6. The lowest BCUT2D eigenvalue weighted by atomic mass is 10.2. The van der Waals surface area contributed by atoms with Gasteiger partial charge in [0.1, 0.15) is 16.2 Å². The highest BCUT2D eigenvalue weighted by molar-refractivity contribution is 8.00. The molecule has 0 bridgehead atoms. The third-order valence-corrected chi connectivity index (χ3v) is 6.03. The van der Waals surface area contributed by atoms with Crippen LogP contribution in [0.4, 0.5) is 5.69 Å². The van der Waals surface area contributed by atoms with Gasteiger partial charge in [-0.2, -0.15) is 0 Å². The summed E-state index contributed by atoms with van der Waals surface area (Å²) < 4.78 is 0. The van der Waals surface area contributed by atoms with E-state index in [1.165, 1.54) is 28.5 Å². The number of aromatic nitrogens is 2. The van der Waals surface area contributed by atoms with Crippen LogP contribution in [-0.4, -0.2) is 34.6 Å². The predicted octanol–water partition coefficient (Wildman–Crippen LogP) is 3.40. The summed E-state index contributed by atoms with van der Waals surface area (Å²) >= 11 is 3.03.